The predicted molar refractivity (Wildman–Crippen MR) is 142 cm³/mol. The quantitative estimate of drug-likeness (QED) is 0.244. The first-order valence-corrected chi connectivity index (χ1v) is 12.4. The molecule has 0 saturated heterocycles. The van der Waals surface area contributed by atoms with Crippen molar-refractivity contribution < 1.29 is 9.90 Å². The molecule has 1 atom stereocenters. The number of amides is 1. The Hall–Kier alpha value is -3.26. The molecule has 1 amide bonds. The third-order valence-electron chi connectivity index (χ3n) is 5.74. The lowest BCUT2D eigenvalue weighted by molar-refractivity contribution is -0.115. The first-order valence-electron chi connectivity index (χ1n) is 11.6. The second kappa shape index (κ2) is 12.4. The van der Waals surface area contributed by atoms with E-state index < -0.39 is 6.10 Å². The zero-order valence-corrected chi connectivity index (χ0v) is 21.0. The van der Waals surface area contributed by atoms with Gasteiger partial charge in [0, 0.05) is 35.6 Å². The van der Waals surface area contributed by atoms with Gasteiger partial charge in [-0.3, -0.25) is 4.79 Å². The molecule has 0 fully saturated rings. The summed E-state index contributed by atoms with van der Waals surface area (Å²) in [6.45, 7) is 1.94. The van der Waals surface area contributed by atoms with Gasteiger partial charge in [-0.05, 0) is 53.9 Å². The van der Waals surface area contributed by atoms with Crippen molar-refractivity contribution in [2.45, 2.75) is 25.5 Å². The van der Waals surface area contributed by atoms with Gasteiger partial charge in [0.05, 0.1) is 12.5 Å². The molecule has 0 saturated carbocycles. The van der Waals surface area contributed by atoms with E-state index in [0.29, 0.717) is 13.1 Å². The molecule has 6 nitrogen and oxygen atoms in total. The summed E-state index contributed by atoms with van der Waals surface area (Å²) < 4.78 is 3.03. The summed E-state index contributed by atoms with van der Waals surface area (Å²) in [7, 11) is 0. The molecule has 7 heteroatoms. The Morgan fingerprint density at radius 2 is 1.69 bits per heavy atom. The molecule has 180 valence electrons. The Morgan fingerprint density at radius 1 is 0.971 bits per heavy atom. The van der Waals surface area contributed by atoms with Crippen LogP contribution in [0.15, 0.2) is 95.7 Å². The highest BCUT2D eigenvalue weighted by Gasteiger charge is 2.10. The van der Waals surface area contributed by atoms with E-state index in [0.717, 1.165) is 45.6 Å². The van der Waals surface area contributed by atoms with Crippen molar-refractivity contribution in [1.82, 2.24) is 14.9 Å². The molecular weight excluding hydrogens is 504 g/mol. The summed E-state index contributed by atoms with van der Waals surface area (Å²) in [5, 5.41) is 16.5. The number of nitrogens with one attached hydrogen (secondary N) is 2. The minimum atomic E-state index is -0.515. The van der Waals surface area contributed by atoms with Crippen LogP contribution in [0.3, 0.4) is 0 Å². The number of aliphatic hydroxyl groups excluding tert-OH is 1. The smallest absolute Gasteiger partial charge is 0.231 e. The molecular formula is C28H29BrN4O2. The minimum absolute atomic E-state index is 0.0995. The topological polar surface area (TPSA) is 79.2 Å². The monoisotopic (exact) mass is 532 g/mol. The molecule has 0 spiro atoms. The maximum Gasteiger partial charge on any atom is 0.231 e. The van der Waals surface area contributed by atoms with E-state index in [2.05, 4.69) is 43.7 Å². The number of nitrogens with zero attached hydrogens (tertiary/aromatic N) is 2. The van der Waals surface area contributed by atoms with Crippen LogP contribution in [0.5, 0.6) is 0 Å². The van der Waals surface area contributed by atoms with E-state index >= 15 is 0 Å². The Kier molecular flexibility index (Phi) is 8.84. The number of hydrogen-bond donors (Lipinski definition) is 3. The Labute approximate surface area is 214 Å². The Balaban J connectivity index is 1.21. The zero-order valence-electron chi connectivity index (χ0n) is 19.4. The van der Waals surface area contributed by atoms with Crippen molar-refractivity contribution in [1.29, 1.82) is 0 Å². The van der Waals surface area contributed by atoms with Crippen LogP contribution in [0.4, 0.5) is 5.69 Å². The summed E-state index contributed by atoms with van der Waals surface area (Å²) in [5.41, 5.74) is 3.98. The first kappa shape index (κ1) is 24.9. The average molecular weight is 533 g/mol. The standard InChI is InChI=1S/C28H29BrN4O2/c29-24-10-6-22(7-11-24)20-33-17-16-31-27(33)18-28(35)32-25-12-8-21(9-13-25)14-15-30-19-26(34)23-4-2-1-3-5-23/h1-13,16-17,26,30,34H,14-15,18-20H2,(H,32,35)/t26-/m0/s1. The number of rotatable bonds is 11. The maximum absolute atomic E-state index is 12.6. The lowest BCUT2D eigenvalue weighted by Gasteiger charge is -2.12. The van der Waals surface area contributed by atoms with Crippen molar-refractivity contribution in [3.05, 3.63) is 118 Å². The van der Waals surface area contributed by atoms with Crippen LogP contribution in [-0.4, -0.2) is 33.7 Å². The molecule has 4 rings (SSSR count). The molecule has 1 heterocycles. The molecule has 4 aromatic rings. The normalized spacial score (nSPS) is 11.8. The molecule has 0 aliphatic rings. The Bertz CT molecular complexity index is 1210. The number of halogens is 1. The molecule has 3 N–H and O–H groups in total. The van der Waals surface area contributed by atoms with Crippen LogP contribution in [0, 0.1) is 0 Å². The molecule has 0 aliphatic heterocycles. The van der Waals surface area contributed by atoms with E-state index in [1.807, 2.05) is 77.5 Å². The van der Waals surface area contributed by atoms with Crippen molar-refractivity contribution >= 4 is 27.5 Å². The van der Waals surface area contributed by atoms with E-state index in [9.17, 15) is 9.90 Å². The van der Waals surface area contributed by atoms with Gasteiger partial charge in [0.15, 0.2) is 0 Å². The second-order valence-corrected chi connectivity index (χ2v) is 9.32. The van der Waals surface area contributed by atoms with Crippen LogP contribution in [0.2, 0.25) is 0 Å². The SMILES string of the molecule is O=C(Cc1nccn1Cc1ccc(Br)cc1)Nc1ccc(CCNC[C@H](O)c2ccccc2)cc1. The van der Waals surface area contributed by atoms with Gasteiger partial charge in [0.2, 0.25) is 5.91 Å². The van der Waals surface area contributed by atoms with Crippen LogP contribution < -0.4 is 10.6 Å². The highest BCUT2D eigenvalue weighted by Crippen LogP contribution is 2.14. The molecule has 0 radical (unpaired) electrons. The van der Waals surface area contributed by atoms with Crippen molar-refractivity contribution in [3.8, 4) is 0 Å². The maximum atomic E-state index is 12.6. The van der Waals surface area contributed by atoms with Gasteiger partial charge < -0.3 is 20.3 Å². The number of carbonyl (C=O) groups excluding carboxylic acids is 1. The van der Waals surface area contributed by atoms with Gasteiger partial charge in [-0.1, -0.05) is 70.5 Å². The van der Waals surface area contributed by atoms with E-state index in [4.69, 9.17) is 0 Å². The number of aliphatic hydroxyl groups is 1. The fourth-order valence-corrected chi connectivity index (χ4v) is 4.07. The van der Waals surface area contributed by atoms with Crippen molar-refractivity contribution in [3.63, 3.8) is 0 Å². The molecule has 35 heavy (non-hydrogen) atoms. The number of anilines is 1. The van der Waals surface area contributed by atoms with Gasteiger partial charge >= 0.3 is 0 Å². The lowest BCUT2D eigenvalue weighted by atomic mass is 10.1. The zero-order chi connectivity index (χ0) is 24.5. The Morgan fingerprint density at radius 3 is 2.43 bits per heavy atom. The van der Waals surface area contributed by atoms with Gasteiger partial charge in [-0.15, -0.1) is 0 Å². The summed E-state index contributed by atoms with van der Waals surface area (Å²) in [5.74, 6) is 0.628. The second-order valence-electron chi connectivity index (χ2n) is 8.40. The number of aromatic nitrogens is 2. The van der Waals surface area contributed by atoms with Crippen LogP contribution >= 0.6 is 15.9 Å². The van der Waals surface area contributed by atoms with Crippen LogP contribution in [0.25, 0.3) is 0 Å². The fourth-order valence-electron chi connectivity index (χ4n) is 3.81. The third-order valence-corrected chi connectivity index (χ3v) is 6.27. The molecule has 3 aromatic carbocycles. The van der Waals surface area contributed by atoms with Crippen LogP contribution in [0.1, 0.15) is 28.6 Å². The largest absolute Gasteiger partial charge is 0.387 e. The van der Waals surface area contributed by atoms with Gasteiger partial charge in [0.25, 0.3) is 0 Å². The summed E-state index contributed by atoms with van der Waals surface area (Å²) in [6.07, 6.45) is 4.15. The predicted octanol–water partition coefficient (Wildman–Crippen LogP) is 4.74. The van der Waals surface area contributed by atoms with Crippen molar-refractivity contribution in [2.75, 3.05) is 18.4 Å². The van der Waals surface area contributed by atoms with E-state index in [-0.39, 0.29) is 12.3 Å². The third kappa shape index (κ3) is 7.62. The highest BCUT2D eigenvalue weighted by molar-refractivity contribution is 9.10. The number of benzene rings is 3. The highest BCUT2D eigenvalue weighted by atomic mass is 79.9. The fraction of sp³-hybridized carbons (Fsp3) is 0.214. The molecule has 0 unspecified atom stereocenters. The van der Waals surface area contributed by atoms with E-state index in [1.165, 1.54) is 0 Å². The number of imidazole rings is 1. The number of hydrogen-bond acceptors (Lipinski definition) is 4. The van der Waals surface area contributed by atoms with Gasteiger partial charge in [0.1, 0.15) is 5.82 Å². The first-order chi connectivity index (χ1) is 17.1. The minimum Gasteiger partial charge on any atom is -0.387 e. The summed E-state index contributed by atoms with van der Waals surface area (Å²) in [4.78, 5) is 17.0. The lowest BCUT2D eigenvalue weighted by Crippen LogP contribution is -2.23. The van der Waals surface area contributed by atoms with Gasteiger partial charge in [-0.2, -0.15) is 0 Å². The molecule has 0 bridgehead atoms. The van der Waals surface area contributed by atoms with E-state index in [1.54, 1.807) is 6.20 Å². The van der Waals surface area contributed by atoms with Crippen LogP contribution in [-0.2, 0) is 24.2 Å². The average Bonchev–Trinajstić information content (AvgIpc) is 3.30. The summed E-state index contributed by atoms with van der Waals surface area (Å²) >= 11 is 3.45. The number of carbonyl (C=O) groups is 1. The summed E-state index contributed by atoms with van der Waals surface area (Å²) in [6, 6.07) is 25.6. The molecule has 1 aromatic heterocycles. The van der Waals surface area contributed by atoms with Gasteiger partial charge in [-0.25, -0.2) is 4.98 Å². The van der Waals surface area contributed by atoms with Crippen molar-refractivity contribution in [2.24, 2.45) is 0 Å². The molecule has 0 aliphatic carbocycles.